The summed E-state index contributed by atoms with van der Waals surface area (Å²) in [5.41, 5.74) is 2.05. The zero-order valence-corrected chi connectivity index (χ0v) is 20.9. The van der Waals surface area contributed by atoms with E-state index >= 15 is 4.39 Å². The molecule has 0 saturated carbocycles. The van der Waals surface area contributed by atoms with Crippen molar-refractivity contribution >= 4 is 18.7 Å². The average Bonchev–Trinajstić information content (AvgIpc) is 2.85. The summed E-state index contributed by atoms with van der Waals surface area (Å²) in [4.78, 5) is 0. The van der Waals surface area contributed by atoms with Gasteiger partial charge in [0.15, 0.2) is 11.5 Å². The number of alkyl halides is 1. The normalized spacial score (nSPS) is 24.6. The van der Waals surface area contributed by atoms with E-state index in [1.807, 2.05) is 13.8 Å². The molecular weight excluding hydrogens is 445 g/mol. The minimum atomic E-state index is -2.46. The number of aromatic hydroxyl groups is 2. The maximum atomic E-state index is 16.0. The number of phenolic OH excluding ortho intramolecular Hbond substituents is 2. The van der Waals surface area contributed by atoms with E-state index in [0.29, 0.717) is 12.8 Å². The Morgan fingerprint density at radius 3 is 2.21 bits per heavy atom. The van der Waals surface area contributed by atoms with Gasteiger partial charge in [-0.3, -0.25) is 0 Å². The average molecular weight is 478 g/mol. The molecule has 0 radical (unpaired) electrons. The second kappa shape index (κ2) is 8.22. The number of rotatable bonds is 9. The van der Waals surface area contributed by atoms with E-state index in [-0.39, 0.29) is 35.7 Å². The van der Waals surface area contributed by atoms with E-state index in [2.05, 4.69) is 60.8 Å². The summed E-state index contributed by atoms with van der Waals surface area (Å²) in [6, 6.07) is 21.8. The van der Waals surface area contributed by atoms with Crippen molar-refractivity contribution in [1.29, 1.82) is 0 Å². The summed E-state index contributed by atoms with van der Waals surface area (Å²) in [6.07, 6.45) is 0.975. The first-order valence-corrected chi connectivity index (χ1v) is 13.9. The molecule has 179 valence electrons. The van der Waals surface area contributed by atoms with Gasteiger partial charge in [0.25, 0.3) is 0 Å². The fourth-order valence-corrected chi connectivity index (χ4v) is 11.2. The predicted octanol–water partition coefficient (Wildman–Crippen LogP) is 3.69. The van der Waals surface area contributed by atoms with Gasteiger partial charge in [-0.2, -0.15) is 10.4 Å². The number of halogens is 1. The van der Waals surface area contributed by atoms with E-state index in [4.69, 9.17) is 4.43 Å². The van der Waals surface area contributed by atoms with Crippen molar-refractivity contribution in [3.63, 3.8) is 0 Å². The highest BCUT2D eigenvalue weighted by Gasteiger charge is 2.62. The van der Waals surface area contributed by atoms with Gasteiger partial charge in [-0.05, 0) is 37.5 Å². The van der Waals surface area contributed by atoms with Gasteiger partial charge >= 0.3 is 0 Å². The molecule has 3 N–H and O–H groups in total. The minimum Gasteiger partial charge on any atom is -0.555 e. The first-order valence-electron chi connectivity index (χ1n) is 12.0. The van der Waals surface area contributed by atoms with Gasteiger partial charge in [0.2, 0.25) is 0 Å². The maximum Gasteiger partial charge on any atom is 0.157 e. The van der Waals surface area contributed by atoms with Crippen LogP contribution in [0.15, 0.2) is 66.7 Å². The van der Waals surface area contributed by atoms with Crippen molar-refractivity contribution in [2.45, 2.75) is 50.4 Å². The van der Waals surface area contributed by atoms with Crippen LogP contribution >= 0.6 is 0 Å². The monoisotopic (exact) mass is 477 g/mol. The van der Waals surface area contributed by atoms with Crippen molar-refractivity contribution in [1.82, 2.24) is 5.32 Å². The van der Waals surface area contributed by atoms with Gasteiger partial charge in [0, 0.05) is 19.2 Å². The third-order valence-corrected chi connectivity index (χ3v) is 12.8. The summed E-state index contributed by atoms with van der Waals surface area (Å²) >= 11 is 0. The van der Waals surface area contributed by atoms with Gasteiger partial charge in [-0.25, -0.2) is 4.39 Å². The van der Waals surface area contributed by atoms with Gasteiger partial charge in [-0.1, -0.05) is 84.6 Å². The highest BCUT2D eigenvalue weighted by molar-refractivity contribution is 7.07. The van der Waals surface area contributed by atoms with E-state index in [1.165, 1.54) is 27.6 Å². The van der Waals surface area contributed by atoms with Gasteiger partial charge in [0.05, 0.1) is 8.32 Å². The van der Waals surface area contributed by atoms with Crippen molar-refractivity contribution < 1.29 is 19.0 Å². The van der Waals surface area contributed by atoms with Gasteiger partial charge < -0.3 is 20.0 Å². The first-order chi connectivity index (χ1) is 16.2. The van der Waals surface area contributed by atoms with Crippen LogP contribution < -0.4 is 15.7 Å². The van der Waals surface area contributed by atoms with Crippen molar-refractivity contribution in [2.24, 2.45) is 0 Å². The summed E-state index contributed by atoms with van der Waals surface area (Å²) < 4.78 is 22.7. The standard InChI is InChI=1S/C28H32FNO3Si/c1-4-28(29,17-30-19(2)15-20-13-14-23(31)24(32)16-20)18-33-34-25-11-7-5-9-21(25)27(34,3)22-10-6-8-12-26(22)34/h5-14,16,19,30-32H,4,15,17-18H2,1-3H3/q-1/t19-,28?/m1/s1. The zero-order valence-electron chi connectivity index (χ0n) is 19.9. The first kappa shape index (κ1) is 23.1. The van der Waals surface area contributed by atoms with Crippen LogP contribution in [0.2, 0.25) is 0 Å². The Morgan fingerprint density at radius 1 is 1.00 bits per heavy atom. The van der Waals surface area contributed by atoms with Crippen molar-refractivity contribution in [3.8, 4) is 11.5 Å². The Balaban J connectivity index is 1.29. The Hall–Kier alpha value is -2.67. The third-order valence-electron chi connectivity index (χ3n) is 7.92. The fraction of sp³-hybridized carbons (Fsp3) is 0.357. The zero-order chi connectivity index (χ0) is 24.1. The van der Waals surface area contributed by atoms with E-state index in [1.54, 1.807) is 12.1 Å². The largest absolute Gasteiger partial charge is 0.555 e. The SMILES string of the molecule is CCC(F)(CN[C@H](C)Cc1ccc(O)c(O)c1)CO[Si-]12c3ccccc3C1(C)c1ccccc12. The highest BCUT2D eigenvalue weighted by atomic mass is 28.4. The summed E-state index contributed by atoms with van der Waals surface area (Å²) in [6.45, 7) is 6.39. The minimum absolute atomic E-state index is 0.000138. The molecule has 0 bridgehead atoms. The van der Waals surface area contributed by atoms with Crippen molar-refractivity contribution in [3.05, 3.63) is 83.4 Å². The third kappa shape index (κ3) is 3.23. The van der Waals surface area contributed by atoms with Crippen LogP contribution in [-0.2, 0) is 15.9 Å². The summed E-state index contributed by atoms with van der Waals surface area (Å²) in [5.74, 6) is -0.277. The second-order valence-electron chi connectivity index (χ2n) is 10.00. The Morgan fingerprint density at radius 2 is 1.62 bits per heavy atom. The van der Waals surface area contributed by atoms with Gasteiger partial charge in [0.1, 0.15) is 5.67 Å². The Kier molecular flexibility index (Phi) is 5.58. The lowest BCUT2D eigenvalue weighted by atomic mass is 9.88. The van der Waals surface area contributed by atoms with E-state index < -0.39 is 14.0 Å². The molecule has 2 atom stereocenters. The number of benzene rings is 3. The molecule has 3 aromatic carbocycles. The number of fused-ring (bicyclic) bond motifs is 7. The van der Waals surface area contributed by atoms with Crippen LogP contribution in [0.5, 0.6) is 11.5 Å². The number of phenols is 2. The molecule has 2 aliphatic rings. The van der Waals surface area contributed by atoms with E-state index in [0.717, 1.165) is 5.56 Å². The number of hydrogen-bond donors (Lipinski definition) is 3. The molecule has 34 heavy (non-hydrogen) atoms. The number of nitrogens with one attached hydrogen (secondary N) is 1. The molecule has 0 aromatic heterocycles. The lowest BCUT2D eigenvalue weighted by molar-refractivity contribution is 0.0698. The highest BCUT2D eigenvalue weighted by Crippen LogP contribution is 2.54. The molecule has 0 amide bonds. The molecule has 0 spiro atoms. The molecule has 6 heteroatoms. The molecular formula is C28H32FNO3Si-. The lowest BCUT2D eigenvalue weighted by Gasteiger charge is -2.77. The molecule has 3 aromatic rings. The Bertz CT molecular complexity index is 1180. The van der Waals surface area contributed by atoms with E-state index in [9.17, 15) is 10.2 Å². The molecule has 5 rings (SSSR count). The van der Waals surface area contributed by atoms with Crippen molar-refractivity contribution in [2.75, 3.05) is 13.2 Å². The van der Waals surface area contributed by atoms with Gasteiger partial charge in [-0.15, -0.1) is 0 Å². The number of hydrogen-bond acceptors (Lipinski definition) is 4. The lowest BCUT2D eigenvalue weighted by Crippen LogP contribution is -2.90. The predicted molar refractivity (Wildman–Crippen MR) is 135 cm³/mol. The summed E-state index contributed by atoms with van der Waals surface area (Å²) in [7, 11) is -2.46. The summed E-state index contributed by atoms with van der Waals surface area (Å²) in [5, 5.41) is 25.0. The fourth-order valence-electron chi connectivity index (χ4n) is 5.83. The Labute approximate surface area is 201 Å². The molecule has 0 fully saturated rings. The van der Waals surface area contributed by atoms with Crippen LogP contribution in [0.25, 0.3) is 0 Å². The van der Waals surface area contributed by atoms with Crippen LogP contribution in [-0.4, -0.2) is 43.4 Å². The molecule has 2 aliphatic heterocycles. The van der Waals surface area contributed by atoms with Crippen LogP contribution in [0, 0.1) is 0 Å². The molecule has 4 nitrogen and oxygen atoms in total. The molecule has 1 unspecified atom stereocenters. The quantitative estimate of drug-likeness (QED) is 0.325. The van der Waals surface area contributed by atoms with Crippen LogP contribution in [0.3, 0.4) is 0 Å². The maximum absolute atomic E-state index is 16.0. The van der Waals surface area contributed by atoms with Crippen LogP contribution in [0.4, 0.5) is 4.39 Å². The van der Waals surface area contributed by atoms with Crippen LogP contribution in [0.1, 0.15) is 43.9 Å². The molecule has 0 aliphatic carbocycles. The second-order valence-corrected chi connectivity index (χ2v) is 13.7. The molecule has 2 heterocycles. The molecule has 0 saturated heterocycles. The topological polar surface area (TPSA) is 61.7 Å². The smallest absolute Gasteiger partial charge is 0.157 e.